The number of nitrogens with one attached hydrogen (secondary N) is 2. The summed E-state index contributed by atoms with van der Waals surface area (Å²) < 4.78 is 27.2. The van der Waals surface area contributed by atoms with Gasteiger partial charge in [-0.3, -0.25) is 4.79 Å². The molecule has 2 aliphatic rings. The summed E-state index contributed by atoms with van der Waals surface area (Å²) in [6, 6.07) is 6.62. The molecule has 8 heteroatoms. The molecule has 1 aromatic rings. The molecule has 0 aromatic heterocycles. The van der Waals surface area contributed by atoms with Crippen molar-refractivity contribution in [2.45, 2.75) is 56.5 Å². The molecule has 3 atom stereocenters. The van der Waals surface area contributed by atoms with Gasteiger partial charge in [-0.05, 0) is 37.8 Å². The van der Waals surface area contributed by atoms with Crippen molar-refractivity contribution in [1.29, 1.82) is 0 Å². The molecule has 156 valence electrons. The Labute approximate surface area is 173 Å². The fourth-order valence-corrected chi connectivity index (χ4v) is 6.20. The summed E-state index contributed by atoms with van der Waals surface area (Å²) in [6.07, 6.45) is 4.65. The average Bonchev–Trinajstić information content (AvgIpc) is 2.69. The van der Waals surface area contributed by atoms with Crippen LogP contribution in [0.15, 0.2) is 29.2 Å². The second-order valence-electron chi connectivity index (χ2n) is 8.09. The second kappa shape index (κ2) is 9.11. The number of benzene rings is 1. The molecule has 0 unspecified atom stereocenters. The lowest BCUT2D eigenvalue weighted by Crippen LogP contribution is -3.19. The number of carbonyl (C=O) groups excluding carboxylic acids is 1. The summed E-state index contributed by atoms with van der Waals surface area (Å²) in [6.45, 7) is 6.15. The van der Waals surface area contributed by atoms with Crippen molar-refractivity contribution in [1.82, 2.24) is 9.62 Å². The zero-order valence-electron chi connectivity index (χ0n) is 16.7. The number of quaternary nitrogens is 1. The highest BCUT2D eigenvalue weighted by Gasteiger charge is 2.36. The van der Waals surface area contributed by atoms with Crippen LogP contribution >= 0.6 is 11.6 Å². The van der Waals surface area contributed by atoms with E-state index in [0.29, 0.717) is 32.1 Å². The van der Waals surface area contributed by atoms with Crippen molar-refractivity contribution in [3.63, 3.8) is 0 Å². The third-order valence-corrected chi connectivity index (χ3v) is 8.66. The van der Waals surface area contributed by atoms with Crippen LogP contribution < -0.4 is 10.2 Å². The zero-order chi connectivity index (χ0) is 20.3. The van der Waals surface area contributed by atoms with E-state index in [1.165, 1.54) is 29.6 Å². The van der Waals surface area contributed by atoms with Crippen LogP contribution in [0, 0.1) is 5.92 Å². The van der Waals surface area contributed by atoms with Gasteiger partial charge in [-0.15, -0.1) is 0 Å². The lowest BCUT2D eigenvalue weighted by Gasteiger charge is -2.36. The molecule has 1 aromatic carbocycles. The van der Waals surface area contributed by atoms with E-state index in [4.69, 9.17) is 11.6 Å². The maximum absolute atomic E-state index is 12.9. The Bertz CT molecular complexity index is 794. The Morgan fingerprint density at radius 1 is 1.21 bits per heavy atom. The Balaban J connectivity index is 1.57. The van der Waals surface area contributed by atoms with E-state index < -0.39 is 10.0 Å². The van der Waals surface area contributed by atoms with E-state index in [9.17, 15) is 13.2 Å². The van der Waals surface area contributed by atoms with Crippen LogP contribution in [0.25, 0.3) is 0 Å². The first kappa shape index (κ1) is 21.6. The summed E-state index contributed by atoms with van der Waals surface area (Å²) in [5.41, 5.74) is 0. The first-order valence-electron chi connectivity index (χ1n) is 10.2. The van der Waals surface area contributed by atoms with Crippen molar-refractivity contribution in [3.8, 4) is 0 Å². The van der Waals surface area contributed by atoms with E-state index in [0.717, 1.165) is 11.3 Å². The standard InChI is InChI=1S/C20H30ClN3O3S/c1-15-7-3-5-9-18(15)22-20(25)16(2)23-11-13-24(14-12-23)28(26,27)19-10-6-4-8-17(19)21/h4,6,8,10,15-16,18H,3,5,7,9,11-14H2,1-2H3,(H,22,25)/p+1/t15-,16-,18-/m1/s1. The Kier molecular flexibility index (Phi) is 7.02. The highest BCUT2D eigenvalue weighted by atomic mass is 35.5. The van der Waals surface area contributed by atoms with Gasteiger partial charge in [0.1, 0.15) is 4.90 Å². The number of sulfonamides is 1. The largest absolute Gasteiger partial charge is 0.348 e. The summed E-state index contributed by atoms with van der Waals surface area (Å²) in [7, 11) is -3.60. The van der Waals surface area contributed by atoms with E-state index in [2.05, 4.69) is 12.2 Å². The van der Waals surface area contributed by atoms with Gasteiger partial charge in [0, 0.05) is 6.04 Å². The SMILES string of the molecule is C[C@@H]1CCCC[C@H]1NC(=O)[C@@H](C)[NH+]1CCN(S(=O)(=O)c2ccccc2Cl)CC1. The predicted octanol–water partition coefficient (Wildman–Crippen LogP) is 1.31. The van der Waals surface area contributed by atoms with Gasteiger partial charge < -0.3 is 10.2 Å². The Morgan fingerprint density at radius 3 is 2.50 bits per heavy atom. The first-order chi connectivity index (χ1) is 13.3. The van der Waals surface area contributed by atoms with Crippen LogP contribution in [0.1, 0.15) is 39.5 Å². The van der Waals surface area contributed by atoms with E-state index >= 15 is 0 Å². The van der Waals surface area contributed by atoms with Gasteiger partial charge >= 0.3 is 0 Å². The molecule has 0 bridgehead atoms. The number of nitrogens with zero attached hydrogens (tertiary/aromatic N) is 1. The van der Waals surface area contributed by atoms with Gasteiger partial charge in [0.25, 0.3) is 5.91 Å². The number of hydrogen-bond acceptors (Lipinski definition) is 3. The summed E-state index contributed by atoms with van der Waals surface area (Å²) in [5.74, 6) is 0.605. The Morgan fingerprint density at radius 2 is 1.86 bits per heavy atom. The molecule has 1 aliphatic heterocycles. The van der Waals surface area contributed by atoms with Crippen LogP contribution in [-0.2, 0) is 14.8 Å². The summed E-state index contributed by atoms with van der Waals surface area (Å²) in [4.78, 5) is 14.0. The third-order valence-electron chi connectivity index (χ3n) is 6.26. The monoisotopic (exact) mass is 428 g/mol. The first-order valence-corrected chi connectivity index (χ1v) is 12.0. The van der Waals surface area contributed by atoms with Crippen molar-refractivity contribution >= 4 is 27.5 Å². The number of amides is 1. The van der Waals surface area contributed by atoms with E-state index in [1.807, 2.05) is 6.92 Å². The normalized spacial score (nSPS) is 26.0. The van der Waals surface area contributed by atoms with Gasteiger partial charge in [-0.1, -0.05) is 43.5 Å². The summed E-state index contributed by atoms with van der Waals surface area (Å²) >= 11 is 6.09. The smallest absolute Gasteiger partial charge is 0.278 e. The molecule has 1 saturated carbocycles. The fraction of sp³-hybridized carbons (Fsp3) is 0.650. The number of halogens is 1. The lowest BCUT2D eigenvalue weighted by molar-refractivity contribution is -0.917. The highest BCUT2D eigenvalue weighted by Crippen LogP contribution is 2.25. The van der Waals surface area contributed by atoms with Crippen molar-refractivity contribution in [2.75, 3.05) is 26.2 Å². The quantitative estimate of drug-likeness (QED) is 0.742. The van der Waals surface area contributed by atoms with Crippen molar-refractivity contribution in [2.24, 2.45) is 5.92 Å². The predicted molar refractivity (Wildman–Crippen MR) is 110 cm³/mol. The van der Waals surface area contributed by atoms with Crippen LogP contribution in [0.5, 0.6) is 0 Å². The molecule has 2 fully saturated rings. The fourth-order valence-electron chi connectivity index (χ4n) is 4.26. The lowest BCUT2D eigenvalue weighted by atomic mass is 9.86. The van der Waals surface area contributed by atoms with Crippen molar-refractivity contribution < 1.29 is 18.1 Å². The molecular weight excluding hydrogens is 398 g/mol. The minimum absolute atomic E-state index is 0.0798. The maximum Gasteiger partial charge on any atom is 0.278 e. The van der Waals surface area contributed by atoms with Gasteiger partial charge in [0.15, 0.2) is 6.04 Å². The van der Waals surface area contributed by atoms with Gasteiger partial charge in [-0.25, -0.2) is 8.42 Å². The number of hydrogen-bond donors (Lipinski definition) is 2. The molecule has 1 amide bonds. The van der Waals surface area contributed by atoms with E-state index in [1.54, 1.807) is 18.2 Å². The number of rotatable bonds is 5. The maximum atomic E-state index is 12.9. The molecule has 1 aliphatic carbocycles. The molecule has 2 N–H and O–H groups in total. The minimum atomic E-state index is -3.60. The van der Waals surface area contributed by atoms with Gasteiger partial charge in [0.2, 0.25) is 10.0 Å². The highest BCUT2D eigenvalue weighted by molar-refractivity contribution is 7.89. The number of carbonyl (C=O) groups is 1. The zero-order valence-corrected chi connectivity index (χ0v) is 18.2. The van der Waals surface area contributed by atoms with Gasteiger partial charge in [0.05, 0.1) is 31.2 Å². The van der Waals surface area contributed by atoms with Crippen LogP contribution in [-0.4, -0.2) is 56.9 Å². The topological polar surface area (TPSA) is 70.9 Å². The van der Waals surface area contributed by atoms with E-state index in [-0.39, 0.29) is 27.9 Å². The van der Waals surface area contributed by atoms with Crippen LogP contribution in [0.4, 0.5) is 0 Å². The molecule has 28 heavy (non-hydrogen) atoms. The van der Waals surface area contributed by atoms with Crippen LogP contribution in [0.3, 0.4) is 0 Å². The molecule has 1 heterocycles. The molecule has 3 rings (SSSR count). The molecule has 1 saturated heterocycles. The summed E-state index contributed by atoms with van der Waals surface area (Å²) in [5, 5.41) is 3.47. The third kappa shape index (κ3) is 4.70. The molecule has 6 nitrogen and oxygen atoms in total. The number of piperazine rings is 1. The minimum Gasteiger partial charge on any atom is -0.348 e. The second-order valence-corrected chi connectivity index (χ2v) is 10.4. The average molecular weight is 429 g/mol. The van der Waals surface area contributed by atoms with Crippen LogP contribution in [0.2, 0.25) is 5.02 Å². The molecule has 0 spiro atoms. The van der Waals surface area contributed by atoms with Gasteiger partial charge in [-0.2, -0.15) is 4.31 Å². The molecule has 0 radical (unpaired) electrons. The Hall–Kier alpha value is -1.15. The molecular formula is C20H31ClN3O3S+. The van der Waals surface area contributed by atoms with Crippen molar-refractivity contribution in [3.05, 3.63) is 29.3 Å².